The van der Waals surface area contributed by atoms with Gasteiger partial charge in [0.05, 0.1) is 0 Å². The summed E-state index contributed by atoms with van der Waals surface area (Å²) in [7, 11) is 3.93. The molecule has 2 amide bonds. The molecule has 0 aliphatic rings. The van der Waals surface area contributed by atoms with Crippen LogP contribution < -0.4 is 11.1 Å². The van der Waals surface area contributed by atoms with Gasteiger partial charge in [0, 0.05) is 29.6 Å². The molecule has 0 spiro atoms. The fourth-order valence-corrected chi connectivity index (χ4v) is 3.30. The lowest BCUT2D eigenvalue weighted by Gasteiger charge is -2.25. The minimum atomic E-state index is -0.502. The maximum absolute atomic E-state index is 12.4. The zero-order valence-corrected chi connectivity index (χ0v) is 17.4. The highest BCUT2D eigenvalue weighted by Crippen LogP contribution is 2.21. The average molecular weight is 402 g/mol. The number of primary amides is 1. The average Bonchev–Trinajstić information content (AvgIpc) is 2.66. The smallest absolute Gasteiger partial charge is 0.248 e. The molecule has 0 fully saturated rings. The van der Waals surface area contributed by atoms with Crippen LogP contribution in [0.1, 0.15) is 40.7 Å². The van der Waals surface area contributed by atoms with Crippen molar-refractivity contribution in [1.29, 1.82) is 0 Å². The molecule has 2 unspecified atom stereocenters. The molecule has 6 heteroatoms. The molecular formula is C22H28ClN3O2. The number of nitrogens with one attached hydrogen (secondary N) is 1. The molecular weight excluding hydrogens is 374 g/mol. The third-order valence-corrected chi connectivity index (χ3v) is 5.27. The zero-order valence-electron chi connectivity index (χ0n) is 16.6. The van der Waals surface area contributed by atoms with Crippen LogP contribution in [0.15, 0.2) is 48.5 Å². The van der Waals surface area contributed by atoms with E-state index in [1.807, 2.05) is 50.5 Å². The third kappa shape index (κ3) is 6.36. The standard InChI is InChI=1S/C22H28ClN3O2/c1-15(16-7-5-4-6-8-16)11-21(27)25-14-19(26(2)3)12-17-9-10-18(22(24)28)13-20(17)23/h4-10,13,15,19H,11-12,14H2,1-3H3,(H2,24,28)(H,25,27). The number of halogens is 1. The SMILES string of the molecule is CC(CC(=O)NCC(Cc1ccc(C(N)=O)cc1Cl)N(C)C)c1ccccc1. The molecule has 0 bridgehead atoms. The Morgan fingerprint density at radius 2 is 1.82 bits per heavy atom. The van der Waals surface area contributed by atoms with Crippen LogP contribution in [0.25, 0.3) is 0 Å². The van der Waals surface area contributed by atoms with E-state index in [1.165, 1.54) is 0 Å². The molecule has 0 aromatic heterocycles. The molecule has 28 heavy (non-hydrogen) atoms. The van der Waals surface area contributed by atoms with Gasteiger partial charge in [-0.05, 0) is 49.7 Å². The van der Waals surface area contributed by atoms with Crippen LogP contribution >= 0.6 is 11.6 Å². The Labute approximate surface area is 171 Å². The summed E-state index contributed by atoms with van der Waals surface area (Å²) >= 11 is 6.31. The van der Waals surface area contributed by atoms with Gasteiger partial charge in [-0.3, -0.25) is 9.59 Å². The first-order chi connectivity index (χ1) is 13.3. The number of nitrogens with zero attached hydrogens (tertiary/aromatic N) is 1. The number of rotatable bonds is 9. The summed E-state index contributed by atoms with van der Waals surface area (Å²) in [5.74, 6) is -0.314. The van der Waals surface area contributed by atoms with E-state index in [1.54, 1.807) is 12.1 Å². The quantitative estimate of drug-likeness (QED) is 0.677. The lowest BCUT2D eigenvalue weighted by atomic mass is 9.97. The van der Waals surface area contributed by atoms with E-state index in [0.717, 1.165) is 11.1 Å². The molecule has 3 N–H and O–H groups in total. The molecule has 5 nitrogen and oxygen atoms in total. The van der Waals surface area contributed by atoms with Crippen molar-refractivity contribution in [2.45, 2.75) is 31.7 Å². The van der Waals surface area contributed by atoms with Crippen molar-refractivity contribution in [2.75, 3.05) is 20.6 Å². The summed E-state index contributed by atoms with van der Waals surface area (Å²) in [5, 5.41) is 3.54. The van der Waals surface area contributed by atoms with Gasteiger partial charge < -0.3 is 16.0 Å². The second kappa shape index (κ2) is 10.2. The van der Waals surface area contributed by atoms with Crippen molar-refractivity contribution in [2.24, 2.45) is 5.73 Å². The molecule has 150 valence electrons. The number of nitrogens with two attached hydrogens (primary N) is 1. The Balaban J connectivity index is 1.94. The number of hydrogen-bond acceptors (Lipinski definition) is 3. The van der Waals surface area contributed by atoms with E-state index in [-0.39, 0.29) is 17.9 Å². The second-order valence-corrected chi connectivity index (χ2v) is 7.72. The molecule has 2 rings (SSSR count). The number of carbonyl (C=O) groups is 2. The van der Waals surface area contributed by atoms with Crippen molar-refractivity contribution in [3.05, 3.63) is 70.2 Å². The first-order valence-corrected chi connectivity index (χ1v) is 9.72. The lowest BCUT2D eigenvalue weighted by Crippen LogP contribution is -2.41. The molecule has 0 heterocycles. The summed E-state index contributed by atoms with van der Waals surface area (Å²) < 4.78 is 0. The van der Waals surface area contributed by atoms with Crippen molar-refractivity contribution in [3.8, 4) is 0 Å². The monoisotopic (exact) mass is 401 g/mol. The molecule has 0 aliphatic carbocycles. The van der Waals surface area contributed by atoms with E-state index >= 15 is 0 Å². The largest absolute Gasteiger partial charge is 0.366 e. The zero-order chi connectivity index (χ0) is 20.7. The Hall–Kier alpha value is -2.37. The second-order valence-electron chi connectivity index (χ2n) is 7.31. The van der Waals surface area contributed by atoms with Crippen molar-refractivity contribution in [3.63, 3.8) is 0 Å². The first-order valence-electron chi connectivity index (χ1n) is 9.34. The van der Waals surface area contributed by atoms with E-state index in [0.29, 0.717) is 30.0 Å². The van der Waals surface area contributed by atoms with Crippen LogP contribution in [0.2, 0.25) is 5.02 Å². The predicted molar refractivity (Wildman–Crippen MR) is 114 cm³/mol. The number of carbonyl (C=O) groups excluding carboxylic acids is 2. The minimum absolute atomic E-state index is 0.0263. The lowest BCUT2D eigenvalue weighted by molar-refractivity contribution is -0.121. The summed E-state index contributed by atoms with van der Waals surface area (Å²) in [4.78, 5) is 25.7. The number of hydrogen-bond donors (Lipinski definition) is 2. The molecule has 2 atom stereocenters. The molecule has 0 saturated carbocycles. The third-order valence-electron chi connectivity index (χ3n) is 4.92. The molecule has 0 saturated heterocycles. The Morgan fingerprint density at radius 3 is 2.39 bits per heavy atom. The van der Waals surface area contributed by atoms with Gasteiger partial charge in [-0.15, -0.1) is 0 Å². The first kappa shape index (κ1) is 21.9. The number of likely N-dealkylation sites (N-methyl/N-ethyl adjacent to an activating group) is 1. The Kier molecular flexibility index (Phi) is 8.03. The van der Waals surface area contributed by atoms with Crippen molar-refractivity contribution >= 4 is 23.4 Å². The van der Waals surface area contributed by atoms with Crippen LogP contribution in [-0.4, -0.2) is 43.4 Å². The van der Waals surface area contributed by atoms with Gasteiger partial charge >= 0.3 is 0 Å². The van der Waals surface area contributed by atoms with Gasteiger partial charge in [0.25, 0.3) is 0 Å². The van der Waals surface area contributed by atoms with Gasteiger partial charge in [-0.2, -0.15) is 0 Å². The van der Waals surface area contributed by atoms with E-state index < -0.39 is 5.91 Å². The number of benzene rings is 2. The molecule has 2 aromatic rings. The van der Waals surface area contributed by atoms with Crippen LogP contribution in [0.4, 0.5) is 0 Å². The van der Waals surface area contributed by atoms with Crippen LogP contribution in [-0.2, 0) is 11.2 Å². The molecule has 2 aromatic carbocycles. The van der Waals surface area contributed by atoms with E-state index in [9.17, 15) is 9.59 Å². The summed E-state index contributed by atoms with van der Waals surface area (Å²) in [6, 6.07) is 15.2. The topological polar surface area (TPSA) is 75.4 Å². The molecule has 0 aliphatic heterocycles. The maximum Gasteiger partial charge on any atom is 0.248 e. The Bertz CT molecular complexity index is 809. The fraction of sp³-hybridized carbons (Fsp3) is 0.364. The van der Waals surface area contributed by atoms with E-state index in [2.05, 4.69) is 17.1 Å². The van der Waals surface area contributed by atoms with Crippen LogP contribution in [0.3, 0.4) is 0 Å². The summed E-state index contributed by atoms with van der Waals surface area (Å²) in [6.45, 7) is 2.57. The van der Waals surface area contributed by atoms with E-state index in [4.69, 9.17) is 17.3 Å². The van der Waals surface area contributed by atoms with Crippen molar-refractivity contribution < 1.29 is 9.59 Å². The highest BCUT2D eigenvalue weighted by molar-refractivity contribution is 6.31. The van der Waals surface area contributed by atoms with Gasteiger partial charge in [0.1, 0.15) is 0 Å². The highest BCUT2D eigenvalue weighted by Gasteiger charge is 2.17. The normalized spacial score (nSPS) is 13.2. The van der Waals surface area contributed by atoms with Crippen LogP contribution in [0.5, 0.6) is 0 Å². The minimum Gasteiger partial charge on any atom is -0.366 e. The number of amides is 2. The van der Waals surface area contributed by atoms with Gasteiger partial charge in [-0.25, -0.2) is 0 Å². The summed E-state index contributed by atoms with van der Waals surface area (Å²) in [5.41, 5.74) is 7.75. The van der Waals surface area contributed by atoms with Gasteiger partial charge in [0.2, 0.25) is 11.8 Å². The summed E-state index contributed by atoms with van der Waals surface area (Å²) in [6.07, 6.45) is 1.09. The van der Waals surface area contributed by atoms with Crippen LogP contribution in [0, 0.1) is 0 Å². The van der Waals surface area contributed by atoms with Gasteiger partial charge in [0.15, 0.2) is 0 Å². The maximum atomic E-state index is 12.4. The Morgan fingerprint density at radius 1 is 1.14 bits per heavy atom. The van der Waals surface area contributed by atoms with Crippen molar-refractivity contribution in [1.82, 2.24) is 10.2 Å². The predicted octanol–water partition coefficient (Wildman–Crippen LogP) is 3.22. The van der Waals surface area contributed by atoms with Gasteiger partial charge in [-0.1, -0.05) is 54.9 Å². The highest BCUT2D eigenvalue weighted by atomic mass is 35.5. The molecule has 0 radical (unpaired) electrons. The fourth-order valence-electron chi connectivity index (χ4n) is 3.04.